The summed E-state index contributed by atoms with van der Waals surface area (Å²) in [6.45, 7) is 1.13. The predicted octanol–water partition coefficient (Wildman–Crippen LogP) is 4.77. The molecule has 0 aliphatic carbocycles. The predicted molar refractivity (Wildman–Crippen MR) is 111 cm³/mol. The van der Waals surface area contributed by atoms with E-state index in [1.54, 1.807) is 17.0 Å². The summed E-state index contributed by atoms with van der Waals surface area (Å²) in [6.07, 6.45) is 1.36. The number of thiazole rings is 1. The van der Waals surface area contributed by atoms with Crippen LogP contribution in [0.25, 0.3) is 21.5 Å². The second-order valence-corrected chi connectivity index (χ2v) is 8.14. The minimum atomic E-state index is -0.284. The van der Waals surface area contributed by atoms with Crippen molar-refractivity contribution in [1.82, 2.24) is 15.0 Å². The van der Waals surface area contributed by atoms with Gasteiger partial charge in [0.2, 0.25) is 0 Å². The lowest BCUT2D eigenvalue weighted by atomic mass is 10.1. The minimum absolute atomic E-state index is 0.0309. The first kappa shape index (κ1) is 18.7. The van der Waals surface area contributed by atoms with Gasteiger partial charge >= 0.3 is 0 Å². The Bertz CT molecular complexity index is 1180. The Morgan fingerprint density at radius 1 is 1.13 bits per heavy atom. The quantitative estimate of drug-likeness (QED) is 0.473. The summed E-state index contributed by atoms with van der Waals surface area (Å²) in [6, 6.07) is 15.7. The van der Waals surface area contributed by atoms with Gasteiger partial charge in [-0.1, -0.05) is 46.8 Å². The topological polar surface area (TPSA) is 68.5 Å². The van der Waals surface area contributed by atoms with E-state index in [9.17, 15) is 9.18 Å². The van der Waals surface area contributed by atoms with E-state index in [2.05, 4.69) is 10.1 Å². The number of amides is 1. The van der Waals surface area contributed by atoms with Crippen LogP contribution in [0.1, 0.15) is 23.3 Å². The summed E-state index contributed by atoms with van der Waals surface area (Å²) >= 11 is 1.33. The largest absolute Gasteiger partial charge is 0.467 e. The van der Waals surface area contributed by atoms with E-state index >= 15 is 0 Å². The van der Waals surface area contributed by atoms with E-state index in [0.29, 0.717) is 42.6 Å². The highest BCUT2D eigenvalue weighted by atomic mass is 32.1. The monoisotopic (exact) mass is 423 g/mol. The number of ether oxygens (including phenoxy) is 1. The van der Waals surface area contributed by atoms with Gasteiger partial charge in [0.1, 0.15) is 11.9 Å². The molecule has 2 aromatic heterocycles. The van der Waals surface area contributed by atoms with Gasteiger partial charge in [-0.25, -0.2) is 9.37 Å². The molecule has 1 aliphatic rings. The number of hydrogen-bond acceptors (Lipinski definition) is 6. The molecular formula is C22H18FN3O3S. The number of benzene rings is 2. The van der Waals surface area contributed by atoms with Gasteiger partial charge in [-0.3, -0.25) is 4.79 Å². The van der Waals surface area contributed by atoms with Gasteiger partial charge in [0.15, 0.2) is 11.5 Å². The van der Waals surface area contributed by atoms with Crippen LogP contribution >= 0.6 is 11.3 Å². The van der Waals surface area contributed by atoms with Crippen LogP contribution in [0.2, 0.25) is 0 Å². The van der Waals surface area contributed by atoms with Gasteiger partial charge in [0.25, 0.3) is 11.1 Å². The molecule has 0 N–H and O–H groups in total. The first-order chi connectivity index (χ1) is 14.7. The van der Waals surface area contributed by atoms with Crippen molar-refractivity contribution >= 4 is 27.5 Å². The van der Waals surface area contributed by atoms with Crippen LogP contribution < -0.4 is 4.74 Å². The van der Waals surface area contributed by atoms with Crippen molar-refractivity contribution in [2.75, 3.05) is 13.1 Å². The first-order valence-corrected chi connectivity index (χ1v) is 10.5. The number of hydrogen-bond donors (Lipinski definition) is 0. The molecule has 0 radical (unpaired) electrons. The SMILES string of the molecule is O=C(c1cc(-c2ccccc2)on1)N1CCC(Oc2nc3ccc(F)cc3s2)CC1. The third kappa shape index (κ3) is 3.78. The molecule has 2 aromatic carbocycles. The number of likely N-dealkylation sites (tertiary alicyclic amines) is 1. The summed E-state index contributed by atoms with van der Waals surface area (Å²) in [5, 5.41) is 4.48. The highest BCUT2D eigenvalue weighted by Crippen LogP contribution is 2.30. The van der Waals surface area contributed by atoms with Crippen LogP contribution in [0.15, 0.2) is 59.1 Å². The van der Waals surface area contributed by atoms with Crippen molar-refractivity contribution in [1.29, 1.82) is 0 Å². The molecule has 5 rings (SSSR count). The molecule has 0 saturated carbocycles. The zero-order valence-electron chi connectivity index (χ0n) is 16.0. The van der Waals surface area contributed by atoms with Crippen LogP contribution in [0, 0.1) is 5.82 Å². The maximum atomic E-state index is 13.3. The zero-order valence-corrected chi connectivity index (χ0v) is 16.8. The number of halogens is 1. The fourth-order valence-electron chi connectivity index (χ4n) is 3.52. The fraction of sp³-hybridized carbons (Fsp3) is 0.227. The third-order valence-electron chi connectivity index (χ3n) is 5.12. The fourth-order valence-corrected chi connectivity index (χ4v) is 4.43. The normalized spacial score (nSPS) is 14.9. The molecule has 0 unspecified atom stereocenters. The molecule has 1 amide bonds. The molecule has 30 heavy (non-hydrogen) atoms. The maximum absolute atomic E-state index is 13.3. The molecule has 3 heterocycles. The first-order valence-electron chi connectivity index (χ1n) is 9.70. The second kappa shape index (κ2) is 7.87. The van der Waals surface area contributed by atoms with Crippen molar-refractivity contribution in [2.24, 2.45) is 0 Å². The molecule has 0 atom stereocenters. The van der Waals surface area contributed by atoms with Crippen LogP contribution in [-0.4, -0.2) is 40.1 Å². The number of rotatable bonds is 4. The molecule has 1 fully saturated rings. The van der Waals surface area contributed by atoms with Gasteiger partial charge in [-0.2, -0.15) is 0 Å². The molecule has 152 valence electrons. The van der Waals surface area contributed by atoms with Crippen molar-refractivity contribution in [2.45, 2.75) is 18.9 Å². The van der Waals surface area contributed by atoms with Gasteiger partial charge in [0, 0.05) is 37.6 Å². The molecule has 0 spiro atoms. The average molecular weight is 423 g/mol. The van der Waals surface area contributed by atoms with Crippen LogP contribution in [0.5, 0.6) is 5.19 Å². The summed E-state index contributed by atoms with van der Waals surface area (Å²) in [5.74, 6) is 0.145. The van der Waals surface area contributed by atoms with Crippen LogP contribution in [0.3, 0.4) is 0 Å². The average Bonchev–Trinajstić information content (AvgIpc) is 3.41. The van der Waals surface area contributed by atoms with Crippen LogP contribution in [-0.2, 0) is 0 Å². The third-order valence-corrected chi connectivity index (χ3v) is 6.02. The summed E-state index contributed by atoms with van der Waals surface area (Å²) in [5.41, 5.74) is 1.91. The second-order valence-electron chi connectivity index (χ2n) is 7.14. The Morgan fingerprint density at radius 3 is 2.73 bits per heavy atom. The lowest BCUT2D eigenvalue weighted by Gasteiger charge is -2.31. The van der Waals surface area contributed by atoms with Crippen molar-refractivity contribution in [3.8, 4) is 16.5 Å². The van der Waals surface area contributed by atoms with Gasteiger partial charge in [-0.05, 0) is 18.2 Å². The molecule has 1 aliphatic heterocycles. The van der Waals surface area contributed by atoms with E-state index in [-0.39, 0.29) is 17.8 Å². The number of piperidine rings is 1. The lowest BCUT2D eigenvalue weighted by molar-refractivity contribution is 0.0586. The maximum Gasteiger partial charge on any atom is 0.276 e. The van der Waals surface area contributed by atoms with Gasteiger partial charge < -0.3 is 14.2 Å². The summed E-state index contributed by atoms with van der Waals surface area (Å²) < 4.78 is 25.4. The highest BCUT2D eigenvalue weighted by Gasteiger charge is 2.27. The van der Waals surface area contributed by atoms with Crippen LogP contribution in [0.4, 0.5) is 4.39 Å². The van der Waals surface area contributed by atoms with Gasteiger partial charge in [-0.15, -0.1) is 0 Å². The van der Waals surface area contributed by atoms with Crippen molar-refractivity contribution < 1.29 is 18.4 Å². The summed E-state index contributed by atoms with van der Waals surface area (Å²) in [4.78, 5) is 18.9. The molecule has 8 heteroatoms. The molecule has 1 saturated heterocycles. The number of carbonyl (C=O) groups is 1. The van der Waals surface area contributed by atoms with E-state index in [0.717, 1.165) is 15.8 Å². The highest BCUT2D eigenvalue weighted by molar-refractivity contribution is 7.20. The Morgan fingerprint density at radius 2 is 1.93 bits per heavy atom. The smallest absolute Gasteiger partial charge is 0.276 e. The lowest BCUT2D eigenvalue weighted by Crippen LogP contribution is -2.41. The Labute approximate surface area is 175 Å². The number of aromatic nitrogens is 2. The summed E-state index contributed by atoms with van der Waals surface area (Å²) in [7, 11) is 0. The standard InChI is InChI=1S/C22H18FN3O3S/c23-15-6-7-17-20(12-15)30-22(24-17)28-16-8-10-26(11-9-16)21(27)18-13-19(29-25-18)14-4-2-1-3-5-14/h1-7,12-13,16H,8-11H2. The van der Waals surface area contributed by atoms with E-state index < -0.39 is 0 Å². The Hall–Kier alpha value is -3.26. The Kier molecular flexibility index (Phi) is 4.92. The van der Waals surface area contributed by atoms with E-state index in [4.69, 9.17) is 9.26 Å². The zero-order chi connectivity index (χ0) is 20.5. The van der Waals surface area contributed by atoms with E-state index in [1.165, 1.54) is 23.5 Å². The number of fused-ring (bicyclic) bond motifs is 1. The van der Waals surface area contributed by atoms with Crippen molar-refractivity contribution in [3.63, 3.8) is 0 Å². The van der Waals surface area contributed by atoms with Crippen molar-refractivity contribution in [3.05, 3.63) is 66.1 Å². The number of carbonyl (C=O) groups excluding carboxylic acids is 1. The molecule has 6 nitrogen and oxygen atoms in total. The number of nitrogens with zero attached hydrogens (tertiary/aromatic N) is 3. The Balaban J connectivity index is 1.20. The minimum Gasteiger partial charge on any atom is -0.467 e. The van der Waals surface area contributed by atoms with E-state index in [1.807, 2.05) is 30.3 Å². The van der Waals surface area contributed by atoms with Gasteiger partial charge in [0.05, 0.1) is 10.2 Å². The molecule has 0 bridgehead atoms. The molecule has 4 aromatic rings. The molecular weight excluding hydrogens is 405 g/mol.